The fourth-order valence-electron chi connectivity index (χ4n) is 4.03. The van der Waals surface area contributed by atoms with E-state index in [1.54, 1.807) is 23.1 Å². The summed E-state index contributed by atoms with van der Waals surface area (Å²) in [5.41, 5.74) is 2.76. The molecule has 1 amide bonds. The molecule has 33 heavy (non-hydrogen) atoms. The third-order valence-electron chi connectivity index (χ3n) is 5.84. The van der Waals surface area contributed by atoms with E-state index < -0.39 is 15.7 Å². The second-order valence-electron chi connectivity index (χ2n) is 8.07. The van der Waals surface area contributed by atoms with Crippen LogP contribution in [0.15, 0.2) is 71.6 Å². The van der Waals surface area contributed by atoms with Crippen LogP contribution in [0.5, 0.6) is 0 Å². The van der Waals surface area contributed by atoms with Crippen LogP contribution in [-0.2, 0) is 16.4 Å². The quantitative estimate of drug-likeness (QED) is 0.622. The molecule has 0 saturated carbocycles. The highest BCUT2D eigenvalue weighted by molar-refractivity contribution is 7.90. The van der Waals surface area contributed by atoms with Gasteiger partial charge in [-0.05, 0) is 41.0 Å². The molecule has 0 unspecified atom stereocenters. The zero-order chi connectivity index (χ0) is 23.6. The monoisotopic (exact) mass is 468 g/mol. The minimum atomic E-state index is -3.48. The van der Waals surface area contributed by atoms with E-state index in [-0.39, 0.29) is 17.4 Å². The van der Waals surface area contributed by atoms with Gasteiger partial charge in [0.15, 0.2) is 9.84 Å². The minimum absolute atomic E-state index is 0.0928. The van der Waals surface area contributed by atoms with E-state index >= 15 is 0 Å². The zero-order valence-electron chi connectivity index (χ0n) is 18.2. The van der Waals surface area contributed by atoms with E-state index in [9.17, 15) is 22.7 Å². The lowest BCUT2D eigenvalue weighted by atomic mass is 9.98. The summed E-state index contributed by atoms with van der Waals surface area (Å²) in [5.74, 6) is -0.663. The molecular formula is C25H25FN2O4S. The van der Waals surface area contributed by atoms with Crippen LogP contribution in [0.4, 0.5) is 10.1 Å². The number of aliphatic hydroxyl groups excluding tert-OH is 1. The number of piperazine rings is 1. The van der Waals surface area contributed by atoms with Gasteiger partial charge in [-0.25, -0.2) is 12.8 Å². The highest BCUT2D eigenvalue weighted by atomic mass is 32.2. The molecule has 3 aromatic carbocycles. The number of hydrogen-bond donors (Lipinski definition) is 1. The average molecular weight is 469 g/mol. The minimum Gasteiger partial charge on any atom is -0.392 e. The summed E-state index contributed by atoms with van der Waals surface area (Å²) < 4.78 is 38.7. The van der Waals surface area contributed by atoms with Crippen molar-refractivity contribution in [3.63, 3.8) is 0 Å². The van der Waals surface area contributed by atoms with Crippen molar-refractivity contribution >= 4 is 21.4 Å². The molecule has 8 heteroatoms. The van der Waals surface area contributed by atoms with Gasteiger partial charge in [0.25, 0.3) is 5.91 Å². The van der Waals surface area contributed by atoms with Gasteiger partial charge in [0, 0.05) is 38.0 Å². The summed E-state index contributed by atoms with van der Waals surface area (Å²) in [5, 5.41) is 9.18. The van der Waals surface area contributed by atoms with Gasteiger partial charge in [-0.1, -0.05) is 42.5 Å². The smallest absolute Gasteiger partial charge is 0.254 e. The topological polar surface area (TPSA) is 77.9 Å². The second kappa shape index (κ2) is 9.33. The number of benzene rings is 3. The van der Waals surface area contributed by atoms with E-state index in [4.69, 9.17) is 0 Å². The van der Waals surface area contributed by atoms with Crippen LogP contribution < -0.4 is 4.90 Å². The van der Waals surface area contributed by atoms with Crippen molar-refractivity contribution in [1.29, 1.82) is 0 Å². The predicted molar refractivity (Wildman–Crippen MR) is 125 cm³/mol. The number of halogens is 1. The Hall–Kier alpha value is -3.23. The van der Waals surface area contributed by atoms with Crippen LogP contribution in [0.25, 0.3) is 11.1 Å². The standard InChI is InChI=1S/C25H25FN2O4S/c1-33(31,32)20-8-9-21(19-5-3-2-4-6-19)22(16-20)25(30)28-13-11-27(12-14-28)24-10-7-18(17-29)15-23(24)26/h2-10,15-16,29H,11-14,17H2,1H3. The molecule has 0 spiro atoms. The molecule has 0 radical (unpaired) electrons. The van der Waals surface area contributed by atoms with Gasteiger partial charge in [0.2, 0.25) is 0 Å². The van der Waals surface area contributed by atoms with Gasteiger partial charge in [-0.2, -0.15) is 0 Å². The molecule has 1 heterocycles. The third kappa shape index (κ3) is 4.91. The Morgan fingerprint density at radius 3 is 2.27 bits per heavy atom. The zero-order valence-corrected chi connectivity index (χ0v) is 19.1. The molecule has 4 rings (SSSR count). The summed E-state index contributed by atoms with van der Waals surface area (Å²) >= 11 is 0. The van der Waals surface area contributed by atoms with Crippen molar-refractivity contribution in [2.24, 2.45) is 0 Å². The lowest BCUT2D eigenvalue weighted by Crippen LogP contribution is -2.49. The molecule has 1 N–H and O–H groups in total. The summed E-state index contributed by atoms with van der Waals surface area (Å²) in [6.07, 6.45) is 1.12. The highest BCUT2D eigenvalue weighted by Crippen LogP contribution is 2.29. The maximum atomic E-state index is 14.4. The number of rotatable bonds is 5. The SMILES string of the molecule is CS(=O)(=O)c1ccc(-c2ccccc2)c(C(=O)N2CCN(c3ccc(CO)cc3F)CC2)c1. The van der Waals surface area contributed by atoms with Crippen molar-refractivity contribution in [2.45, 2.75) is 11.5 Å². The van der Waals surface area contributed by atoms with E-state index in [0.717, 1.165) is 11.8 Å². The van der Waals surface area contributed by atoms with Gasteiger partial charge >= 0.3 is 0 Å². The van der Waals surface area contributed by atoms with E-state index in [1.165, 1.54) is 18.2 Å². The second-order valence-corrected chi connectivity index (χ2v) is 10.1. The van der Waals surface area contributed by atoms with Gasteiger partial charge in [-0.3, -0.25) is 4.79 Å². The molecule has 0 atom stereocenters. The summed E-state index contributed by atoms with van der Waals surface area (Å²) in [6, 6.07) is 18.6. The van der Waals surface area contributed by atoms with Crippen LogP contribution in [0, 0.1) is 5.82 Å². The van der Waals surface area contributed by atoms with Gasteiger partial charge in [0.1, 0.15) is 5.82 Å². The van der Waals surface area contributed by atoms with Crippen LogP contribution >= 0.6 is 0 Å². The molecule has 0 aliphatic carbocycles. The number of aliphatic hydroxyl groups is 1. The molecule has 6 nitrogen and oxygen atoms in total. The fourth-order valence-corrected chi connectivity index (χ4v) is 4.67. The van der Waals surface area contributed by atoms with Crippen molar-refractivity contribution in [1.82, 2.24) is 4.90 Å². The summed E-state index contributed by atoms with van der Waals surface area (Å²) in [4.78, 5) is 17.1. The van der Waals surface area contributed by atoms with Gasteiger partial charge < -0.3 is 14.9 Å². The Balaban J connectivity index is 1.59. The van der Waals surface area contributed by atoms with Crippen molar-refractivity contribution in [3.05, 3.63) is 83.7 Å². The molecular weight excluding hydrogens is 443 g/mol. The lowest BCUT2D eigenvalue weighted by molar-refractivity contribution is 0.0747. The first-order chi connectivity index (χ1) is 15.8. The van der Waals surface area contributed by atoms with E-state index in [2.05, 4.69) is 0 Å². The molecule has 3 aromatic rings. The van der Waals surface area contributed by atoms with Gasteiger partial charge in [0.05, 0.1) is 17.2 Å². The maximum absolute atomic E-state index is 14.4. The fraction of sp³-hybridized carbons (Fsp3) is 0.240. The van der Waals surface area contributed by atoms with E-state index in [0.29, 0.717) is 48.6 Å². The first kappa shape index (κ1) is 22.9. The summed E-state index contributed by atoms with van der Waals surface area (Å²) in [6.45, 7) is 1.39. The van der Waals surface area contributed by atoms with Crippen molar-refractivity contribution < 1.29 is 22.7 Å². The number of sulfone groups is 1. The van der Waals surface area contributed by atoms with Crippen LogP contribution in [0.2, 0.25) is 0 Å². The largest absolute Gasteiger partial charge is 0.392 e. The summed E-state index contributed by atoms with van der Waals surface area (Å²) in [7, 11) is -3.48. The Labute approximate surface area is 192 Å². The molecule has 1 saturated heterocycles. The first-order valence-corrected chi connectivity index (χ1v) is 12.5. The number of carbonyl (C=O) groups excluding carboxylic acids is 1. The van der Waals surface area contributed by atoms with E-state index in [1.807, 2.05) is 35.2 Å². The number of anilines is 1. The Morgan fingerprint density at radius 1 is 0.970 bits per heavy atom. The highest BCUT2D eigenvalue weighted by Gasteiger charge is 2.26. The number of carbonyl (C=O) groups is 1. The third-order valence-corrected chi connectivity index (χ3v) is 6.95. The van der Waals surface area contributed by atoms with Gasteiger partial charge in [-0.15, -0.1) is 0 Å². The number of nitrogens with zero attached hydrogens (tertiary/aromatic N) is 2. The number of amides is 1. The molecule has 172 valence electrons. The maximum Gasteiger partial charge on any atom is 0.254 e. The van der Waals surface area contributed by atoms with Crippen LogP contribution in [-0.4, -0.2) is 56.8 Å². The van der Waals surface area contributed by atoms with Crippen molar-refractivity contribution in [3.8, 4) is 11.1 Å². The molecule has 1 fully saturated rings. The Bertz CT molecular complexity index is 1270. The van der Waals surface area contributed by atoms with Crippen LogP contribution in [0.1, 0.15) is 15.9 Å². The molecule has 1 aliphatic heterocycles. The average Bonchev–Trinajstić information content (AvgIpc) is 2.83. The molecule has 0 bridgehead atoms. The molecule has 1 aliphatic rings. The first-order valence-electron chi connectivity index (χ1n) is 10.6. The normalized spacial score (nSPS) is 14.4. The lowest BCUT2D eigenvalue weighted by Gasteiger charge is -2.36. The predicted octanol–water partition coefficient (Wildman–Crippen LogP) is 3.35. The Morgan fingerprint density at radius 2 is 1.67 bits per heavy atom. The molecule has 0 aromatic heterocycles. The number of hydrogen-bond acceptors (Lipinski definition) is 5. The Kier molecular flexibility index (Phi) is 6.49. The van der Waals surface area contributed by atoms with Crippen LogP contribution in [0.3, 0.4) is 0 Å². The van der Waals surface area contributed by atoms with Crippen molar-refractivity contribution in [2.75, 3.05) is 37.3 Å².